The minimum Gasteiger partial charge on any atom is -0.461 e. The number of esters is 1. The van der Waals surface area contributed by atoms with E-state index in [1.54, 1.807) is 6.07 Å². The average Bonchev–Trinajstić information content (AvgIpc) is 2.96. The van der Waals surface area contributed by atoms with Gasteiger partial charge >= 0.3 is 12.0 Å². The van der Waals surface area contributed by atoms with Gasteiger partial charge in [-0.05, 0) is 28.8 Å². The minimum absolute atomic E-state index is 0.158. The van der Waals surface area contributed by atoms with Crippen molar-refractivity contribution >= 4 is 34.6 Å². The van der Waals surface area contributed by atoms with Crippen molar-refractivity contribution in [1.29, 1.82) is 0 Å². The molecule has 138 valence electrons. The van der Waals surface area contributed by atoms with Gasteiger partial charge in [0, 0.05) is 17.8 Å². The number of carbonyl (C=O) groups excluding carboxylic acids is 3. The number of fused-ring (bicyclic) bond motifs is 1. The third-order valence-corrected chi connectivity index (χ3v) is 4.00. The predicted molar refractivity (Wildman–Crippen MR) is 101 cm³/mol. The van der Waals surface area contributed by atoms with Crippen molar-refractivity contribution in [2.24, 2.45) is 11.5 Å². The van der Waals surface area contributed by atoms with Crippen LogP contribution in [-0.2, 0) is 16.1 Å². The van der Waals surface area contributed by atoms with Crippen LogP contribution in [0.2, 0.25) is 0 Å². The molecule has 8 nitrogen and oxygen atoms in total. The van der Waals surface area contributed by atoms with E-state index >= 15 is 0 Å². The number of urea groups is 1. The van der Waals surface area contributed by atoms with Crippen LogP contribution < -0.4 is 16.8 Å². The van der Waals surface area contributed by atoms with Crippen LogP contribution in [0.3, 0.4) is 0 Å². The van der Waals surface area contributed by atoms with Crippen LogP contribution >= 0.6 is 0 Å². The number of aromatic nitrogens is 1. The number of primary amides is 2. The van der Waals surface area contributed by atoms with Gasteiger partial charge in [-0.2, -0.15) is 0 Å². The summed E-state index contributed by atoms with van der Waals surface area (Å²) in [6.45, 7) is 1.55. The second-order valence-electron chi connectivity index (χ2n) is 5.97. The van der Waals surface area contributed by atoms with Gasteiger partial charge in [0.2, 0.25) is 0 Å². The van der Waals surface area contributed by atoms with Crippen LogP contribution in [0.15, 0.2) is 42.5 Å². The van der Waals surface area contributed by atoms with Gasteiger partial charge in [0.1, 0.15) is 12.4 Å². The van der Waals surface area contributed by atoms with Crippen molar-refractivity contribution in [3.05, 3.63) is 53.6 Å². The van der Waals surface area contributed by atoms with Gasteiger partial charge < -0.3 is 21.2 Å². The Morgan fingerprint density at radius 1 is 1.07 bits per heavy atom. The zero-order valence-electron chi connectivity index (χ0n) is 14.5. The fourth-order valence-corrected chi connectivity index (χ4v) is 2.88. The van der Waals surface area contributed by atoms with Gasteiger partial charge in [-0.25, -0.2) is 4.79 Å². The summed E-state index contributed by atoms with van der Waals surface area (Å²) in [6.07, 6.45) is 0. The number of carbonyl (C=O) groups is 3. The maximum absolute atomic E-state index is 11.8. The maximum Gasteiger partial charge on any atom is 0.317 e. The second-order valence-corrected chi connectivity index (χ2v) is 5.97. The number of benzene rings is 2. The lowest BCUT2D eigenvalue weighted by Gasteiger charge is -2.06. The molecule has 0 atom stereocenters. The largest absolute Gasteiger partial charge is 0.461 e. The molecule has 0 saturated heterocycles. The quantitative estimate of drug-likeness (QED) is 0.515. The van der Waals surface area contributed by atoms with Crippen molar-refractivity contribution in [2.45, 2.75) is 13.5 Å². The van der Waals surface area contributed by atoms with Crippen molar-refractivity contribution in [2.75, 3.05) is 5.32 Å². The highest BCUT2D eigenvalue weighted by atomic mass is 16.5. The molecule has 8 heteroatoms. The summed E-state index contributed by atoms with van der Waals surface area (Å²) >= 11 is 0. The lowest BCUT2D eigenvalue weighted by molar-refractivity contribution is -0.142. The first-order valence-electron chi connectivity index (χ1n) is 8.10. The number of hydrogen-bond acceptors (Lipinski definition) is 4. The number of ether oxygens (including phenoxy) is 1. The highest BCUT2D eigenvalue weighted by Crippen LogP contribution is 2.30. The molecule has 0 radical (unpaired) electrons. The first-order valence-corrected chi connectivity index (χ1v) is 8.10. The lowest BCUT2D eigenvalue weighted by atomic mass is 10.0. The van der Waals surface area contributed by atoms with Gasteiger partial charge in [-0.15, -0.1) is 0 Å². The average molecular weight is 366 g/mol. The topological polar surface area (TPSA) is 140 Å². The molecule has 0 unspecified atom stereocenters. The Kier molecular flexibility index (Phi) is 4.80. The van der Waals surface area contributed by atoms with Gasteiger partial charge in [0.05, 0.1) is 5.56 Å². The molecule has 3 rings (SSSR count). The number of hydrogen-bond donors (Lipinski definition) is 4. The zero-order chi connectivity index (χ0) is 19.6. The standard InChI is InChI=1S/C19H18N4O4/c1-10(24)27-9-11-3-2-4-12(7-11)13-5-6-14-15(8-13)22-18(23-19(21)26)16(14)17(20)25/h2-8,22H,9H2,1H3,(H2,20,25)(H3,21,23,26). The van der Waals surface area contributed by atoms with Crippen molar-refractivity contribution in [3.8, 4) is 11.1 Å². The van der Waals surface area contributed by atoms with E-state index in [2.05, 4.69) is 10.3 Å². The monoisotopic (exact) mass is 366 g/mol. The summed E-state index contributed by atoms with van der Waals surface area (Å²) in [5.41, 5.74) is 14.0. The summed E-state index contributed by atoms with van der Waals surface area (Å²) in [5.74, 6) is -0.867. The van der Waals surface area contributed by atoms with Gasteiger partial charge in [0.15, 0.2) is 0 Å². The van der Waals surface area contributed by atoms with Crippen LogP contribution in [0, 0.1) is 0 Å². The van der Waals surface area contributed by atoms with E-state index in [0.29, 0.717) is 10.9 Å². The third kappa shape index (κ3) is 3.90. The zero-order valence-corrected chi connectivity index (χ0v) is 14.5. The van der Waals surface area contributed by atoms with Gasteiger partial charge in [-0.1, -0.05) is 30.3 Å². The number of aromatic amines is 1. The molecule has 0 fully saturated rings. The number of rotatable bonds is 5. The number of amides is 3. The molecule has 2 aromatic carbocycles. The van der Waals surface area contributed by atoms with E-state index in [1.807, 2.05) is 36.4 Å². The molecule has 0 spiro atoms. The van der Waals surface area contributed by atoms with E-state index in [9.17, 15) is 14.4 Å². The number of nitrogens with two attached hydrogens (primary N) is 2. The fourth-order valence-electron chi connectivity index (χ4n) is 2.88. The maximum atomic E-state index is 11.8. The smallest absolute Gasteiger partial charge is 0.317 e. The Balaban J connectivity index is 2.02. The molecule has 6 N–H and O–H groups in total. The van der Waals surface area contributed by atoms with Crippen LogP contribution in [0.5, 0.6) is 0 Å². The third-order valence-electron chi connectivity index (χ3n) is 4.00. The molecular weight excluding hydrogens is 348 g/mol. The van der Waals surface area contributed by atoms with Crippen molar-refractivity contribution < 1.29 is 19.1 Å². The first-order chi connectivity index (χ1) is 12.8. The van der Waals surface area contributed by atoms with Gasteiger partial charge in [-0.3, -0.25) is 14.9 Å². The van der Waals surface area contributed by atoms with E-state index in [1.165, 1.54) is 6.92 Å². The van der Waals surface area contributed by atoms with E-state index < -0.39 is 11.9 Å². The summed E-state index contributed by atoms with van der Waals surface area (Å²) < 4.78 is 5.02. The van der Waals surface area contributed by atoms with Crippen LogP contribution in [0.25, 0.3) is 22.0 Å². The van der Waals surface area contributed by atoms with Crippen LogP contribution in [0.1, 0.15) is 22.8 Å². The highest BCUT2D eigenvalue weighted by Gasteiger charge is 2.17. The summed E-state index contributed by atoms with van der Waals surface area (Å²) in [5, 5.41) is 2.95. The molecule has 1 heterocycles. The molecule has 0 aliphatic carbocycles. The van der Waals surface area contributed by atoms with E-state index in [4.69, 9.17) is 16.2 Å². The fraction of sp³-hybridized carbons (Fsp3) is 0.105. The number of nitrogens with one attached hydrogen (secondary N) is 2. The van der Waals surface area contributed by atoms with E-state index in [0.717, 1.165) is 16.7 Å². The molecule has 3 aromatic rings. The molecule has 1 aromatic heterocycles. The highest BCUT2D eigenvalue weighted by molar-refractivity contribution is 6.13. The lowest BCUT2D eigenvalue weighted by Crippen LogP contribution is -2.22. The van der Waals surface area contributed by atoms with Crippen molar-refractivity contribution in [1.82, 2.24) is 4.98 Å². The summed E-state index contributed by atoms with van der Waals surface area (Å²) in [6, 6.07) is 12.2. The van der Waals surface area contributed by atoms with Crippen LogP contribution in [0.4, 0.5) is 10.6 Å². The molecule has 0 bridgehead atoms. The number of anilines is 1. The molecule has 0 saturated carbocycles. The molecule has 0 aliphatic heterocycles. The summed E-state index contributed by atoms with van der Waals surface area (Å²) in [7, 11) is 0. The Morgan fingerprint density at radius 2 is 1.81 bits per heavy atom. The summed E-state index contributed by atoms with van der Waals surface area (Å²) in [4.78, 5) is 36.9. The SMILES string of the molecule is CC(=O)OCc1cccc(-c2ccc3c(C(N)=O)c(NC(N)=O)[nH]c3c2)c1. The predicted octanol–water partition coefficient (Wildman–Crippen LogP) is 2.49. The molecule has 27 heavy (non-hydrogen) atoms. The second kappa shape index (κ2) is 7.20. The van der Waals surface area contributed by atoms with E-state index in [-0.39, 0.29) is 24.0 Å². The Bertz CT molecular complexity index is 1060. The molecule has 0 aliphatic rings. The van der Waals surface area contributed by atoms with Crippen molar-refractivity contribution in [3.63, 3.8) is 0 Å². The Morgan fingerprint density at radius 3 is 2.48 bits per heavy atom. The first kappa shape index (κ1) is 18.0. The van der Waals surface area contributed by atoms with Crippen LogP contribution in [-0.4, -0.2) is 22.9 Å². The normalized spacial score (nSPS) is 10.6. The van der Waals surface area contributed by atoms with Gasteiger partial charge in [0.25, 0.3) is 5.91 Å². The molecule has 3 amide bonds. The number of H-pyrrole nitrogens is 1. The minimum atomic E-state index is -0.803. The Labute approximate surface area is 154 Å². The molecular formula is C19H18N4O4. The Hall–Kier alpha value is -3.81.